The van der Waals surface area contributed by atoms with Gasteiger partial charge in [0.15, 0.2) is 0 Å². The quantitative estimate of drug-likeness (QED) is 0.854. The Hall–Kier alpha value is -2.53. The number of nitrogens with one attached hydrogen (secondary N) is 1. The normalized spacial score (nSPS) is 17.0. The smallest absolute Gasteiger partial charge is 0.325 e. The number of carbonyl (C=O) groups is 1. The number of rotatable bonds is 6. The van der Waals surface area contributed by atoms with Gasteiger partial charge >= 0.3 is 5.97 Å². The van der Waals surface area contributed by atoms with Crippen molar-refractivity contribution >= 4 is 5.97 Å². The molecular formula is C19H21NO4. The van der Waals surface area contributed by atoms with Crippen LogP contribution in [0.4, 0.5) is 0 Å². The highest BCUT2D eigenvalue weighted by molar-refractivity contribution is 5.75. The average molecular weight is 327 g/mol. The third-order valence-corrected chi connectivity index (χ3v) is 4.15. The maximum Gasteiger partial charge on any atom is 0.325 e. The number of methoxy groups -OCH3 is 1. The highest BCUT2D eigenvalue weighted by atomic mass is 16.5. The molecule has 0 aromatic heterocycles. The van der Waals surface area contributed by atoms with Crippen LogP contribution in [0.2, 0.25) is 0 Å². The molecule has 0 spiro atoms. The largest absolute Gasteiger partial charge is 0.497 e. The Morgan fingerprint density at radius 2 is 2.12 bits per heavy atom. The Morgan fingerprint density at radius 3 is 2.79 bits per heavy atom. The highest BCUT2D eigenvalue weighted by Gasteiger charge is 2.25. The second-order valence-corrected chi connectivity index (χ2v) is 5.97. The molecule has 0 bridgehead atoms. The third kappa shape index (κ3) is 3.36. The molecule has 0 radical (unpaired) electrons. The zero-order valence-corrected chi connectivity index (χ0v) is 13.8. The van der Waals surface area contributed by atoms with E-state index in [1.807, 2.05) is 37.3 Å². The Morgan fingerprint density at radius 1 is 1.38 bits per heavy atom. The van der Waals surface area contributed by atoms with Gasteiger partial charge in [-0.25, -0.2) is 0 Å². The molecule has 2 N–H and O–H groups in total. The Labute approximate surface area is 141 Å². The van der Waals surface area contributed by atoms with Crippen molar-refractivity contribution in [3.05, 3.63) is 59.2 Å². The SMILES string of the molecule is COc1cc(CN[C@@H](C(=O)O)c2ccccc2)c2c(c1)CC(C)O2. The van der Waals surface area contributed by atoms with Gasteiger partial charge in [0.25, 0.3) is 0 Å². The van der Waals surface area contributed by atoms with Crippen LogP contribution in [0.25, 0.3) is 0 Å². The number of carboxylic acid groups (broad SMARTS) is 1. The van der Waals surface area contributed by atoms with Gasteiger partial charge in [-0.1, -0.05) is 30.3 Å². The molecule has 5 heteroatoms. The van der Waals surface area contributed by atoms with E-state index in [9.17, 15) is 9.90 Å². The molecule has 0 saturated heterocycles. The van der Waals surface area contributed by atoms with Crippen LogP contribution in [-0.2, 0) is 17.8 Å². The molecule has 5 nitrogen and oxygen atoms in total. The molecule has 1 aliphatic heterocycles. The molecule has 1 heterocycles. The minimum Gasteiger partial charge on any atom is -0.497 e. The van der Waals surface area contributed by atoms with Gasteiger partial charge in [0, 0.05) is 24.1 Å². The zero-order chi connectivity index (χ0) is 17.1. The van der Waals surface area contributed by atoms with E-state index >= 15 is 0 Å². The minimum atomic E-state index is -0.907. The van der Waals surface area contributed by atoms with Gasteiger partial charge in [-0.2, -0.15) is 0 Å². The summed E-state index contributed by atoms with van der Waals surface area (Å²) in [5.74, 6) is 0.692. The number of aliphatic carboxylic acids is 1. The Kier molecular flexibility index (Phi) is 4.71. The van der Waals surface area contributed by atoms with Crippen LogP contribution < -0.4 is 14.8 Å². The standard InChI is InChI=1S/C19H21NO4/c1-12-8-14-9-16(23-2)10-15(18(14)24-12)11-20-17(19(21)22)13-6-4-3-5-7-13/h3-7,9-10,12,17,20H,8,11H2,1-2H3,(H,21,22)/t12?,17-/m1/s1. The van der Waals surface area contributed by atoms with E-state index in [2.05, 4.69) is 5.32 Å². The van der Waals surface area contributed by atoms with Gasteiger partial charge in [0.2, 0.25) is 0 Å². The highest BCUT2D eigenvalue weighted by Crippen LogP contribution is 2.36. The molecule has 1 aliphatic rings. The molecule has 0 saturated carbocycles. The lowest BCUT2D eigenvalue weighted by molar-refractivity contribution is -0.139. The fourth-order valence-electron chi connectivity index (χ4n) is 3.03. The summed E-state index contributed by atoms with van der Waals surface area (Å²) in [6, 6.07) is 12.3. The molecule has 126 valence electrons. The van der Waals surface area contributed by atoms with Gasteiger partial charge in [-0.15, -0.1) is 0 Å². The van der Waals surface area contributed by atoms with Gasteiger partial charge in [0.1, 0.15) is 23.6 Å². The summed E-state index contributed by atoms with van der Waals surface area (Å²) in [5.41, 5.74) is 2.74. The maximum absolute atomic E-state index is 11.6. The van der Waals surface area contributed by atoms with Crippen molar-refractivity contribution in [1.82, 2.24) is 5.32 Å². The summed E-state index contributed by atoms with van der Waals surface area (Å²) in [4.78, 5) is 11.6. The summed E-state index contributed by atoms with van der Waals surface area (Å²) in [5, 5.41) is 12.6. The fourth-order valence-corrected chi connectivity index (χ4v) is 3.03. The predicted molar refractivity (Wildman–Crippen MR) is 90.4 cm³/mol. The van der Waals surface area contributed by atoms with Crippen LogP contribution in [-0.4, -0.2) is 24.3 Å². The van der Waals surface area contributed by atoms with Crippen LogP contribution in [0.15, 0.2) is 42.5 Å². The topological polar surface area (TPSA) is 67.8 Å². The first-order chi connectivity index (χ1) is 11.6. The Bertz CT molecular complexity index is 730. The van der Waals surface area contributed by atoms with Crippen molar-refractivity contribution in [3.8, 4) is 11.5 Å². The van der Waals surface area contributed by atoms with Crippen LogP contribution >= 0.6 is 0 Å². The first-order valence-corrected chi connectivity index (χ1v) is 7.96. The molecule has 2 aromatic carbocycles. The van der Waals surface area contributed by atoms with E-state index in [0.717, 1.165) is 34.6 Å². The van der Waals surface area contributed by atoms with E-state index in [4.69, 9.17) is 9.47 Å². The van der Waals surface area contributed by atoms with Crippen molar-refractivity contribution in [2.45, 2.75) is 32.0 Å². The number of ether oxygens (including phenoxy) is 2. The van der Waals surface area contributed by atoms with Crippen molar-refractivity contribution in [2.75, 3.05) is 7.11 Å². The molecule has 2 aromatic rings. The number of hydrogen-bond acceptors (Lipinski definition) is 4. The summed E-state index contributed by atoms with van der Waals surface area (Å²) in [6.45, 7) is 2.41. The molecule has 0 aliphatic carbocycles. The van der Waals surface area contributed by atoms with Gasteiger partial charge in [-0.3, -0.25) is 10.1 Å². The molecule has 2 atom stereocenters. The molecule has 0 fully saturated rings. The number of carboxylic acids is 1. The first kappa shape index (κ1) is 16.3. The van der Waals surface area contributed by atoms with Gasteiger partial charge < -0.3 is 14.6 Å². The van der Waals surface area contributed by atoms with Crippen LogP contribution in [0, 0.1) is 0 Å². The molecular weight excluding hydrogens is 306 g/mol. The molecule has 0 amide bonds. The lowest BCUT2D eigenvalue weighted by Crippen LogP contribution is -2.28. The molecule has 1 unspecified atom stereocenters. The van der Waals surface area contributed by atoms with Crippen molar-refractivity contribution < 1.29 is 19.4 Å². The summed E-state index contributed by atoms with van der Waals surface area (Å²) < 4.78 is 11.2. The fraction of sp³-hybridized carbons (Fsp3) is 0.316. The summed E-state index contributed by atoms with van der Waals surface area (Å²) >= 11 is 0. The monoisotopic (exact) mass is 327 g/mol. The second-order valence-electron chi connectivity index (χ2n) is 5.97. The summed E-state index contributed by atoms with van der Waals surface area (Å²) in [7, 11) is 1.63. The van der Waals surface area contributed by atoms with Gasteiger partial charge in [0.05, 0.1) is 7.11 Å². The lowest BCUT2D eigenvalue weighted by Gasteiger charge is -2.17. The molecule has 24 heavy (non-hydrogen) atoms. The van der Waals surface area contributed by atoms with Gasteiger partial charge in [-0.05, 0) is 24.6 Å². The van der Waals surface area contributed by atoms with Crippen molar-refractivity contribution in [3.63, 3.8) is 0 Å². The maximum atomic E-state index is 11.6. The van der Waals surface area contributed by atoms with Crippen LogP contribution in [0.1, 0.15) is 29.7 Å². The number of fused-ring (bicyclic) bond motifs is 1. The average Bonchev–Trinajstić information content (AvgIpc) is 2.95. The zero-order valence-electron chi connectivity index (χ0n) is 13.8. The summed E-state index contributed by atoms with van der Waals surface area (Å²) in [6.07, 6.45) is 0.955. The van der Waals surface area contributed by atoms with E-state index in [1.54, 1.807) is 19.2 Å². The van der Waals surface area contributed by atoms with E-state index in [0.29, 0.717) is 6.54 Å². The number of benzene rings is 2. The van der Waals surface area contributed by atoms with Crippen LogP contribution in [0.3, 0.4) is 0 Å². The predicted octanol–water partition coefficient (Wildman–Crippen LogP) is 2.93. The molecule has 3 rings (SSSR count). The van der Waals surface area contributed by atoms with E-state index in [-0.39, 0.29) is 6.10 Å². The van der Waals surface area contributed by atoms with E-state index < -0.39 is 12.0 Å². The lowest BCUT2D eigenvalue weighted by atomic mass is 10.0. The Balaban J connectivity index is 1.83. The first-order valence-electron chi connectivity index (χ1n) is 7.96. The number of hydrogen-bond donors (Lipinski definition) is 2. The van der Waals surface area contributed by atoms with Crippen molar-refractivity contribution in [2.24, 2.45) is 0 Å². The second kappa shape index (κ2) is 6.93. The van der Waals surface area contributed by atoms with Crippen molar-refractivity contribution in [1.29, 1.82) is 0 Å². The van der Waals surface area contributed by atoms with Crippen LogP contribution in [0.5, 0.6) is 11.5 Å². The van der Waals surface area contributed by atoms with E-state index in [1.165, 1.54) is 0 Å². The third-order valence-electron chi connectivity index (χ3n) is 4.15. The minimum absolute atomic E-state index is 0.121.